The van der Waals surface area contributed by atoms with Crippen molar-refractivity contribution >= 4 is 52.1 Å². The third kappa shape index (κ3) is 5.08. The molecule has 1 aliphatic heterocycles. The average molecular weight is 465 g/mol. The number of halogens is 2. The molecule has 0 radical (unpaired) electrons. The summed E-state index contributed by atoms with van der Waals surface area (Å²) in [5.41, 5.74) is 1.08. The standard InChI is InChI=1S/C21H22Cl2N4O4/c1-13(2)21(29)26-10-8-25(9-11-26)19-16(22)4-3-5-18(19)24-20(28)15-7-6-14(27(30)31)12-17(15)23/h3-7,12-13H,8-11H2,1-2H3,(H,24,28). The van der Waals surface area contributed by atoms with E-state index in [2.05, 4.69) is 5.32 Å². The predicted octanol–water partition coefficient (Wildman–Crippen LogP) is 4.46. The maximum Gasteiger partial charge on any atom is 0.270 e. The summed E-state index contributed by atoms with van der Waals surface area (Å²) in [5, 5.41) is 14.1. The molecular weight excluding hydrogens is 443 g/mol. The number of nitro groups is 1. The molecule has 1 saturated heterocycles. The molecule has 0 atom stereocenters. The van der Waals surface area contributed by atoms with Gasteiger partial charge in [0, 0.05) is 44.2 Å². The predicted molar refractivity (Wildman–Crippen MR) is 121 cm³/mol. The SMILES string of the molecule is CC(C)C(=O)N1CCN(c2c(Cl)cccc2NC(=O)c2ccc([N+](=O)[O-])cc2Cl)CC1. The van der Waals surface area contributed by atoms with Crippen LogP contribution in [0.15, 0.2) is 36.4 Å². The van der Waals surface area contributed by atoms with Gasteiger partial charge in [0.25, 0.3) is 11.6 Å². The number of anilines is 2. The molecular formula is C21H22Cl2N4O4. The molecule has 1 N–H and O–H groups in total. The summed E-state index contributed by atoms with van der Waals surface area (Å²) in [6.45, 7) is 6.01. The summed E-state index contributed by atoms with van der Waals surface area (Å²) >= 11 is 12.5. The fourth-order valence-corrected chi connectivity index (χ4v) is 4.00. The maximum atomic E-state index is 12.8. The fraction of sp³-hybridized carbons (Fsp3) is 0.333. The van der Waals surface area contributed by atoms with Crippen LogP contribution in [0.1, 0.15) is 24.2 Å². The summed E-state index contributed by atoms with van der Waals surface area (Å²) < 4.78 is 0. The Labute approximate surface area is 189 Å². The molecule has 2 amide bonds. The average Bonchev–Trinajstić information content (AvgIpc) is 2.73. The molecule has 0 bridgehead atoms. The van der Waals surface area contributed by atoms with Crippen molar-refractivity contribution in [3.63, 3.8) is 0 Å². The molecule has 0 saturated carbocycles. The topological polar surface area (TPSA) is 95.8 Å². The summed E-state index contributed by atoms with van der Waals surface area (Å²) in [4.78, 5) is 39.2. The number of piperazine rings is 1. The maximum absolute atomic E-state index is 12.8. The van der Waals surface area contributed by atoms with Crippen LogP contribution in [-0.4, -0.2) is 47.8 Å². The van der Waals surface area contributed by atoms with Gasteiger partial charge in [0.15, 0.2) is 0 Å². The van der Waals surface area contributed by atoms with Crippen molar-refractivity contribution in [3.05, 3.63) is 62.1 Å². The molecule has 1 heterocycles. The molecule has 1 fully saturated rings. The van der Waals surface area contributed by atoms with Gasteiger partial charge in [-0.3, -0.25) is 19.7 Å². The van der Waals surface area contributed by atoms with Gasteiger partial charge in [0.2, 0.25) is 5.91 Å². The number of hydrogen-bond acceptors (Lipinski definition) is 5. The second-order valence-electron chi connectivity index (χ2n) is 7.48. The van der Waals surface area contributed by atoms with Gasteiger partial charge in [-0.1, -0.05) is 43.1 Å². The molecule has 0 unspecified atom stereocenters. The molecule has 0 aliphatic carbocycles. The Morgan fingerprint density at radius 3 is 2.32 bits per heavy atom. The first kappa shape index (κ1) is 22.8. The molecule has 2 aromatic rings. The van der Waals surface area contributed by atoms with Gasteiger partial charge in [0.05, 0.1) is 31.9 Å². The van der Waals surface area contributed by atoms with Crippen molar-refractivity contribution in [1.82, 2.24) is 4.90 Å². The quantitative estimate of drug-likeness (QED) is 0.520. The second kappa shape index (κ2) is 9.53. The van der Waals surface area contributed by atoms with Crippen LogP contribution >= 0.6 is 23.2 Å². The molecule has 31 heavy (non-hydrogen) atoms. The van der Waals surface area contributed by atoms with Gasteiger partial charge in [0.1, 0.15) is 0 Å². The lowest BCUT2D eigenvalue weighted by molar-refractivity contribution is -0.384. The monoisotopic (exact) mass is 464 g/mol. The van der Waals surface area contributed by atoms with Crippen LogP contribution in [0.25, 0.3) is 0 Å². The van der Waals surface area contributed by atoms with E-state index in [1.54, 1.807) is 18.2 Å². The number of nitrogens with one attached hydrogen (secondary N) is 1. The lowest BCUT2D eigenvalue weighted by Crippen LogP contribution is -2.50. The van der Waals surface area contributed by atoms with Gasteiger partial charge in [-0.15, -0.1) is 0 Å². The zero-order valence-electron chi connectivity index (χ0n) is 17.1. The normalized spacial score (nSPS) is 14.0. The third-order valence-electron chi connectivity index (χ3n) is 5.04. The Morgan fingerprint density at radius 2 is 1.74 bits per heavy atom. The molecule has 8 nitrogen and oxygen atoms in total. The number of carbonyl (C=O) groups excluding carboxylic acids is 2. The van der Waals surface area contributed by atoms with E-state index in [0.29, 0.717) is 42.6 Å². The van der Waals surface area contributed by atoms with Crippen LogP contribution in [0.4, 0.5) is 17.1 Å². The molecule has 164 valence electrons. The van der Waals surface area contributed by atoms with E-state index in [4.69, 9.17) is 23.2 Å². The van der Waals surface area contributed by atoms with Crippen molar-refractivity contribution in [2.24, 2.45) is 5.92 Å². The number of hydrogen-bond donors (Lipinski definition) is 1. The van der Waals surface area contributed by atoms with Crippen molar-refractivity contribution in [3.8, 4) is 0 Å². The third-order valence-corrected chi connectivity index (χ3v) is 5.66. The first-order valence-corrected chi connectivity index (χ1v) is 10.5. The van der Waals surface area contributed by atoms with E-state index in [1.807, 2.05) is 23.6 Å². The fourth-order valence-electron chi connectivity index (χ4n) is 3.44. The van der Waals surface area contributed by atoms with Crippen LogP contribution < -0.4 is 10.2 Å². The molecule has 0 spiro atoms. The molecule has 10 heteroatoms. The largest absolute Gasteiger partial charge is 0.365 e. The van der Waals surface area contributed by atoms with Crippen LogP contribution in [0, 0.1) is 16.0 Å². The number of nitro benzene ring substituents is 1. The number of nitrogens with zero attached hydrogens (tertiary/aromatic N) is 3. The molecule has 2 aromatic carbocycles. The summed E-state index contributed by atoms with van der Waals surface area (Å²) in [7, 11) is 0. The van der Waals surface area contributed by atoms with Gasteiger partial charge < -0.3 is 15.1 Å². The zero-order chi connectivity index (χ0) is 22.7. The lowest BCUT2D eigenvalue weighted by atomic mass is 10.1. The van der Waals surface area contributed by atoms with Gasteiger partial charge >= 0.3 is 0 Å². The van der Waals surface area contributed by atoms with E-state index >= 15 is 0 Å². The van der Waals surface area contributed by atoms with Crippen LogP contribution in [0.5, 0.6) is 0 Å². The smallest absolute Gasteiger partial charge is 0.270 e. The molecule has 3 rings (SSSR count). The Balaban J connectivity index is 1.80. The van der Waals surface area contributed by atoms with Gasteiger partial charge in [-0.25, -0.2) is 0 Å². The lowest BCUT2D eigenvalue weighted by Gasteiger charge is -2.38. The number of rotatable bonds is 5. The van der Waals surface area contributed by atoms with E-state index in [9.17, 15) is 19.7 Å². The Hall–Kier alpha value is -2.84. The van der Waals surface area contributed by atoms with Crippen LogP contribution in [0.2, 0.25) is 10.0 Å². The highest BCUT2D eigenvalue weighted by Crippen LogP contribution is 2.35. The number of para-hydroxylation sites is 1. The summed E-state index contributed by atoms with van der Waals surface area (Å²) in [6.07, 6.45) is 0. The number of benzene rings is 2. The Bertz CT molecular complexity index is 1020. The number of amides is 2. The minimum absolute atomic E-state index is 0.0175. The first-order chi connectivity index (χ1) is 14.7. The number of carbonyl (C=O) groups is 2. The van der Waals surface area contributed by atoms with Gasteiger partial charge in [-0.05, 0) is 18.2 Å². The van der Waals surface area contributed by atoms with Crippen LogP contribution in [-0.2, 0) is 4.79 Å². The van der Waals surface area contributed by atoms with Gasteiger partial charge in [-0.2, -0.15) is 0 Å². The highest BCUT2D eigenvalue weighted by molar-refractivity contribution is 6.35. The zero-order valence-corrected chi connectivity index (χ0v) is 18.6. The van der Waals surface area contributed by atoms with Crippen molar-refractivity contribution < 1.29 is 14.5 Å². The highest BCUT2D eigenvalue weighted by Gasteiger charge is 2.26. The minimum Gasteiger partial charge on any atom is -0.365 e. The highest BCUT2D eigenvalue weighted by atomic mass is 35.5. The van der Waals surface area contributed by atoms with E-state index in [0.717, 1.165) is 6.07 Å². The van der Waals surface area contributed by atoms with Crippen molar-refractivity contribution in [2.45, 2.75) is 13.8 Å². The second-order valence-corrected chi connectivity index (χ2v) is 8.29. The number of non-ortho nitro benzene ring substituents is 1. The summed E-state index contributed by atoms with van der Waals surface area (Å²) in [5.74, 6) is -0.453. The molecule has 0 aromatic heterocycles. The van der Waals surface area contributed by atoms with Crippen LogP contribution in [0.3, 0.4) is 0 Å². The summed E-state index contributed by atoms with van der Waals surface area (Å²) in [6, 6.07) is 8.86. The van der Waals surface area contributed by atoms with E-state index in [-0.39, 0.29) is 28.1 Å². The van der Waals surface area contributed by atoms with E-state index in [1.165, 1.54) is 12.1 Å². The van der Waals surface area contributed by atoms with Crippen molar-refractivity contribution in [2.75, 3.05) is 36.4 Å². The Morgan fingerprint density at radius 1 is 1.06 bits per heavy atom. The first-order valence-electron chi connectivity index (χ1n) is 9.76. The minimum atomic E-state index is -0.577. The Kier molecular flexibility index (Phi) is 7.02. The van der Waals surface area contributed by atoms with E-state index < -0.39 is 10.8 Å². The molecule has 1 aliphatic rings. The van der Waals surface area contributed by atoms with Crippen molar-refractivity contribution in [1.29, 1.82) is 0 Å².